The van der Waals surface area contributed by atoms with E-state index in [1.807, 2.05) is 6.92 Å². The zero-order valence-electron chi connectivity index (χ0n) is 17.7. The van der Waals surface area contributed by atoms with E-state index in [2.05, 4.69) is 32.7 Å². The van der Waals surface area contributed by atoms with Crippen molar-refractivity contribution in [1.82, 2.24) is 9.55 Å². The average Bonchev–Trinajstić information content (AvgIpc) is 3.34. The molecule has 0 radical (unpaired) electrons. The zero-order chi connectivity index (χ0) is 20.3. The second-order valence-electron chi connectivity index (χ2n) is 8.61. The van der Waals surface area contributed by atoms with Crippen LogP contribution in [0.1, 0.15) is 58.7 Å². The van der Waals surface area contributed by atoms with Crippen LogP contribution in [0.2, 0.25) is 18.1 Å². The fraction of sp³-hybridized carbons (Fsp3) is 0.800. The molecular weight excluding hydrogens is 374 g/mol. The Morgan fingerprint density at radius 3 is 2.43 bits per heavy atom. The molecule has 8 heteroatoms. The van der Waals surface area contributed by atoms with E-state index < -0.39 is 25.8 Å². The van der Waals surface area contributed by atoms with Gasteiger partial charge in [0.05, 0.1) is 0 Å². The van der Waals surface area contributed by atoms with Gasteiger partial charge in [0.2, 0.25) is 0 Å². The lowest BCUT2D eigenvalue weighted by Gasteiger charge is -2.40. The highest BCUT2D eigenvalue weighted by Gasteiger charge is 2.78. The van der Waals surface area contributed by atoms with Crippen LogP contribution in [0.25, 0.3) is 0 Å². The second kappa shape index (κ2) is 6.65. The van der Waals surface area contributed by atoms with E-state index in [1.54, 1.807) is 10.8 Å². The van der Waals surface area contributed by atoms with Crippen LogP contribution in [-0.4, -0.2) is 41.3 Å². The molecule has 7 nitrogen and oxygen atoms in total. The van der Waals surface area contributed by atoms with Crippen LogP contribution in [-0.2, 0) is 13.9 Å². The summed E-state index contributed by atoms with van der Waals surface area (Å²) in [5, 5.41) is 0. The molecule has 28 heavy (non-hydrogen) atoms. The molecule has 0 amide bonds. The smallest absolute Gasteiger partial charge is 0.351 e. The summed E-state index contributed by atoms with van der Waals surface area (Å²) in [6, 6.07) is 3.22. The van der Waals surface area contributed by atoms with Gasteiger partial charge >= 0.3 is 5.69 Å². The Morgan fingerprint density at radius 2 is 1.89 bits per heavy atom. The average molecular weight is 408 g/mol. The maximum absolute atomic E-state index is 12.6. The number of nitrogen functional groups attached to an aromatic ring is 1. The lowest BCUT2D eigenvalue weighted by molar-refractivity contribution is -0.225. The highest BCUT2D eigenvalue weighted by Crippen LogP contribution is 2.66. The van der Waals surface area contributed by atoms with Crippen LogP contribution in [0, 0.1) is 6.92 Å². The third-order valence-corrected chi connectivity index (χ3v) is 12.1. The summed E-state index contributed by atoms with van der Waals surface area (Å²) in [6.07, 6.45) is 3.59. The van der Waals surface area contributed by atoms with E-state index in [9.17, 15) is 4.79 Å². The number of hydrogen-bond acceptors (Lipinski definition) is 6. The molecule has 4 rings (SSSR count). The van der Waals surface area contributed by atoms with Crippen molar-refractivity contribution < 1.29 is 13.9 Å². The van der Waals surface area contributed by atoms with Gasteiger partial charge in [-0.1, -0.05) is 27.7 Å². The van der Waals surface area contributed by atoms with E-state index in [0.29, 0.717) is 0 Å². The van der Waals surface area contributed by atoms with Crippen LogP contribution >= 0.6 is 0 Å². The van der Waals surface area contributed by atoms with Gasteiger partial charge in [0.25, 0.3) is 0 Å². The lowest BCUT2D eigenvalue weighted by atomic mass is 9.88. The third-order valence-electron chi connectivity index (χ3n) is 7.49. The van der Waals surface area contributed by atoms with Gasteiger partial charge in [-0.05, 0) is 44.3 Å². The van der Waals surface area contributed by atoms with Gasteiger partial charge in [-0.25, -0.2) is 4.79 Å². The summed E-state index contributed by atoms with van der Waals surface area (Å²) in [7, 11) is -1.87. The van der Waals surface area contributed by atoms with Crippen molar-refractivity contribution in [3.05, 3.63) is 22.2 Å². The predicted molar refractivity (Wildman–Crippen MR) is 110 cm³/mol. The molecule has 1 aromatic heterocycles. The van der Waals surface area contributed by atoms with Crippen LogP contribution < -0.4 is 11.4 Å². The van der Waals surface area contributed by atoms with Crippen molar-refractivity contribution in [2.75, 3.05) is 5.73 Å². The first-order valence-electron chi connectivity index (χ1n) is 10.7. The third kappa shape index (κ3) is 2.57. The normalized spacial score (nSPS) is 33.0. The molecule has 3 heterocycles. The van der Waals surface area contributed by atoms with Crippen molar-refractivity contribution >= 4 is 14.1 Å². The molecule has 2 N–H and O–H groups in total. The van der Waals surface area contributed by atoms with Gasteiger partial charge in [0, 0.05) is 11.8 Å². The van der Waals surface area contributed by atoms with E-state index in [1.165, 1.54) is 0 Å². The molecule has 2 saturated heterocycles. The van der Waals surface area contributed by atoms with Crippen LogP contribution in [0.15, 0.2) is 11.0 Å². The van der Waals surface area contributed by atoms with E-state index in [-0.39, 0.29) is 23.6 Å². The molecule has 1 aromatic rings. The molecule has 0 aromatic carbocycles. The highest BCUT2D eigenvalue weighted by molar-refractivity contribution is 6.73. The monoisotopic (exact) mass is 407 g/mol. The number of fused-ring (bicyclic) bond motifs is 3. The fourth-order valence-electron chi connectivity index (χ4n) is 5.28. The Hall–Kier alpha value is -1.22. The van der Waals surface area contributed by atoms with Crippen molar-refractivity contribution in [1.29, 1.82) is 0 Å². The summed E-state index contributed by atoms with van der Waals surface area (Å²) in [5.41, 5.74) is 5.44. The molecule has 156 valence electrons. The number of rotatable bonds is 7. The van der Waals surface area contributed by atoms with Crippen molar-refractivity contribution in [3.8, 4) is 0 Å². The standard InChI is InChI=1S/C20H33N3O4Si/c1-6-20-15(27-28(7-2,8-3)9-4)14(25-19(20)10-11-19)17(26-20)23-12-13(5)16(21)22-18(23)24/h12,14-15,17H,6-11H2,1-5H3,(H2,21,22,24)/t14-,15?,17+,20+/m0/s1. The molecule has 1 aliphatic carbocycles. The lowest BCUT2D eigenvalue weighted by Crippen LogP contribution is -2.53. The predicted octanol–water partition coefficient (Wildman–Crippen LogP) is 3.13. The summed E-state index contributed by atoms with van der Waals surface area (Å²) < 4.78 is 21.8. The summed E-state index contributed by atoms with van der Waals surface area (Å²) in [6.45, 7) is 10.7. The molecule has 3 fully saturated rings. The van der Waals surface area contributed by atoms with Crippen molar-refractivity contribution in [2.24, 2.45) is 0 Å². The SMILES string of the molecule is CC[C@]12O[C@@H](n3cc(C)c(N)nc3=O)[C@@H](OC13CC3)C2O[Si](CC)(CC)CC. The number of nitrogens with zero attached hydrogens (tertiary/aromatic N) is 2. The van der Waals surface area contributed by atoms with Gasteiger partial charge in [0.15, 0.2) is 14.5 Å². The summed E-state index contributed by atoms with van der Waals surface area (Å²) in [5.74, 6) is 0.261. The molecule has 1 unspecified atom stereocenters. The molecule has 2 bridgehead atoms. The minimum Gasteiger partial charge on any atom is -0.408 e. The number of ether oxygens (including phenoxy) is 2. The molecule has 2 aliphatic heterocycles. The minimum atomic E-state index is -1.87. The Balaban J connectivity index is 1.75. The Morgan fingerprint density at radius 1 is 1.25 bits per heavy atom. The van der Waals surface area contributed by atoms with Crippen LogP contribution in [0.5, 0.6) is 0 Å². The highest BCUT2D eigenvalue weighted by atomic mass is 28.4. The van der Waals surface area contributed by atoms with Gasteiger partial charge in [0.1, 0.15) is 29.2 Å². The van der Waals surface area contributed by atoms with Crippen LogP contribution in [0.4, 0.5) is 5.82 Å². The van der Waals surface area contributed by atoms with Gasteiger partial charge in [-0.15, -0.1) is 0 Å². The first-order chi connectivity index (χ1) is 13.3. The number of nitrogens with two attached hydrogens (primary N) is 1. The molecule has 4 atom stereocenters. The molecule has 1 spiro atoms. The quantitative estimate of drug-likeness (QED) is 0.699. The Labute approximate surface area is 167 Å². The molecule has 1 saturated carbocycles. The van der Waals surface area contributed by atoms with Crippen LogP contribution in [0.3, 0.4) is 0 Å². The van der Waals surface area contributed by atoms with Gasteiger partial charge in [-0.2, -0.15) is 4.98 Å². The summed E-state index contributed by atoms with van der Waals surface area (Å²) in [4.78, 5) is 16.6. The van der Waals surface area contributed by atoms with E-state index in [4.69, 9.17) is 19.6 Å². The number of aryl methyl sites for hydroxylation is 1. The number of anilines is 1. The largest absolute Gasteiger partial charge is 0.408 e. The Bertz CT molecular complexity index is 812. The van der Waals surface area contributed by atoms with Crippen molar-refractivity contribution in [2.45, 2.75) is 102 Å². The first-order valence-corrected chi connectivity index (χ1v) is 13.2. The van der Waals surface area contributed by atoms with E-state index in [0.717, 1.165) is 43.0 Å². The van der Waals surface area contributed by atoms with E-state index >= 15 is 0 Å². The fourth-order valence-corrected chi connectivity index (χ4v) is 8.14. The maximum atomic E-state index is 12.6. The first kappa shape index (κ1) is 20.1. The van der Waals surface area contributed by atoms with Crippen molar-refractivity contribution in [3.63, 3.8) is 0 Å². The second-order valence-corrected chi connectivity index (χ2v) is 13.3. The molecule has 3 aliphatic rings. The zero-order valence-corrected chi connectivity index (χ0v) is 18.7. The van der Waals surface area contributed by atoms with Gasteiger partial charge < -0.3 is 19.6 Å². The topological polar surface area (TPSA) is 88.6 Å². The number of aromatic nitrogens is 2. The maximum Gasteiger partial charge on any atom is 0.351 e. The summed E-state index contributed by atoms with van der Waals surface area (Å²) >= 11 is 0. The Kier molecular flexibility index (Phi) is 4.77. The molecular formula is C20H33N3O4Si. The number of hydrogen-bond donors (Lipinski definition) is 1. The minimum absolute atomic E-state index is 0.138. The van der Waals surface area contributed by atoms with Gasteiger partial charge in [-0.3, -0.25) is 4.57 Å².